The summed E-state index contributed by atoms with van der Waals surface area (Å²) in [5.41, 5.74) is 0.391. The van der Waals surface area contributed by atoms with E-state index >= 15 is 0 Å². The van der Waals surface area contributed by atoms with Crippen molar-refractivity contribution in [1.29, 1.82) is 0 Å². The van der Waals surface area contributed by atoms with E-state index < -0.39 is 0 Å². The highest BCUT2D eigenvalue weighted by Crippen LogP contribution is 2.25. The summed E-state index contributed by atoms with van der Waals surface area (Å²) >= 11 is 0. The highest BCUT2D eigenvalue weighted by molar-refractivity contribution is 5.92. The zero-order valence-corrected chi connectivity index (χ0v) is 14.8. The molecule has 7 nitrogen and oxygen atoms in total. The molecule has 1 saturated heterocycles. The molecule has 0 bridgehead atoms. The minimum Gasteiger partial charge on any atom is -0.360 e. The molecule has 3 rings (SSSR count). The number of piperazine rings is 1. The number of carbonyl (C=O) groups is 1. The van der Waals surface area contributed by atoms with Gasteiger partial charge < -0.3 is 14.0 Å². The molecular weight excluding hydrogens is 306 g/mol. The molecule has 1 amide bonds. The molecule has 1 aliphatic rings. The van der Waals surface area contributed by atoms with E-state index in [0.717, 1.165) is 24.7 Å². The topological polar surface area (TPSA) is 67.4 Å². The van der Waals surface area contributed by atoms with Crippen LogP contribution in [0.4, 0.5) is 0 Å². The van der Waals surface area contributed by atoms with Crippen molar-refractivity contribution in [3.63, 3.8) is 0 Å². The first kappa shape index (κ1) is 16.7. The van der Waals surface area contributed by atoms with Crippen molar-refractivity contribution in [2.75, 3.05) is 26.2 Å². The molecule has 1 fully saturated rings. The summed E-state index contributed by atoms with van der Waals surface area (Å²) in [5, 5.41) is 3.96. The number of hydrogen-bond acceptors (Lipinski definition) is 5. The molecule has 0 radical (unpaired) electrons. The molecule has 0 aromatic carbocycles. The maximum atomic E-state index is 12.8. The van der Waals surface area contributed by atoms with E-state index in [0.29, 0.717) is 18.8 Å². The zero-order chi connectivity index (χ0) is 17.3. The quantitative estimate of drug-likeness (QED) is 0.858. The van der Waals surface area contributed by atoms with Crippen molar-refractivity contribution in [2.45, 2.75) is 32.7 Å². The fraction of sp³-hybridized carbons (Fsp3) is 0.588. The molecule has 0 N–H and O–H groups in total. The van der Waals surface area contributed by atoms with Gasteiger partial charge in [0.15, 0.2) is 5.69 Å². The molecular formula is C17H25N5O2. The predicted octanol–water partition coefficient (Wildman–Crippen LogP) is 2.05. The second kappa shape index (κ2) is 6.76. The number of aromatic nitrogens is 3. The molecule has 0 aliphatic carbocycles. The van der Waals surface area contributed by atoms with Crippen molar-refractivity contribution in [3.05, 3.63) is 35.7 Å². The molecule has 0 spiro atoms. The van der Waals surface area contributed by atoms with Crippen LogP contribution < -0.4 is 0 Å². The van der Waals surface area contributed by atoms with Crippen LogP contribution in [0.25, 0.3) is 0 Å². The highest BCUT2D eigenvalue weighted by atomic mass is 16.5. The van der Waals surface area contributed by atoms with Gasteiger partial charge in [-0.1, -0.05) is 25.9 Å². The number of imidazole rings is 1. The van der Waals surface area contributed by atoms with Crippen LogP contribution in [0.2, 0.25) is 0 Å². The van der Waals surface area contributed by atoms with Gasteiger partial charge in [0.2, 0.25) is 0 Å². The average molecular weight is 331 g/mol. The maximum absolute atomic E-state index is 12.8. The van der Waals surface area contributed by atoms with Crippen LogP contribution in [0, 0.1) is 0 Å². The Morgan fingerprint density at radius 3 is 2.79 bits per heavy atom. The van der Waals surface area contributed by atoms with Gasteiger partial charge in [-0.15, -0.1) is 0 Å². The Hall–Kier alpha value is -2.15. The Morgan fingerprint density at radius 2 is 2.21 bits per heavy atom. The second-order valence-electron chi connectivity index (χ2n) is 6.56. The van der Waals surface area contributed by atoms with Gasteiger partial charge in [-0.05, 0) is 6.54 Å². The first-order valence-corrected chi connectivity index (χ1v) is 8.48. The van der Waals surface area contributed by atoms with Gasteiger partial charge in [-0.3, -0.25) is 9.69 Å². The number of hydrogen-bond donors (Lipinski definition) is 0. The maximum Gasteiger partial charge on any atom is 0.276 e. The molecule has 0 unspecified atom stereocenters. The summed E-state index contributed by atoms with van der Waals surface area (Å²) < 4.78 is 7.30. The van der Waals surface area contributed by atoms with Crippen LogP contribution in [0.1, 0.15) is 54.8 Å². The van der Waals surface area contributed by atoms with Crippen LogP contribution in [-0.4, -0.2) is 56.6 Å². The molecule has 130 valence electrons. The third-order valence-electron chi connectivity index (χ3n) is 4.66. The molecule has 1 atom stereocenters. The van der Waals surface area contributed by atoms with Crippen LogP contribution >= 0.6 is 0 Å². The Bertz CT molecular complexity index is 705. The van der Waals surface area contributed by atoms with Gasteiger partial charge in [-0.2, -0.15) is 0 Å². The van der Waals surface area contributed by atoms with Gasteiger partial charge in [0.1, 0.15) is 11.6 Å². The van der Waals surface area contributed by atoms with E-state index in [2.05, 4.69) is 22.0 Å². The number of likely N-dealkylation sites (N-methyl/N-ethyl adjacent to an activating group) is 1. The summed E-state index contributed by atoms with van der Waals surface area (Å²) in [6.07, 6.45) is 3.74. The van der Waals surface area contributed by atoms with E-state index in [1.807, 2.05) is 36.6 Å². The van der Waals surface area contributed by atoms with Crippen LogP contribution in [0.15, 0.2) is 23.0 Å². The minimum absolute atomic E-state index is 0.0689. The Balaban J connectivity index is 1.79. The Labute approximate surface area is 142 Å². The number of aryl methyl sites for hydroxylation is 1. The number of nitrogens with zero attached hydrogens (tertiary/aromatic N) is 5. The standard InChI is InChI=1S/C17H25N5O2/c1-5-21-8-9-22(11-14(21)16-18-6-7-20(16)4)17(23)13-10-15(12(2)3)24-19-13/h6-7,10,12,14H,5,8-9,11H2,1-4H3/t14-/m0/s1. The van der Waals surface area contributed by atoms with Crippen LogP contribution in [-0.2, 0) is 7.05 Å². The number of amides is 1. The van der Waals surface area contributed by atoms with Gasteiger partial charge in [0.25, 0.3) is 5.91 Å². The monoisotopic (exact) mass is 331 g/mol. The molecule has 2 aromatic heterocycles. The molecule has 24 heavy (non-hydrogen) atoms. The van der Waals surface area contributed by atoms with Crippen LogP contribution in [0.5, 0.6) is 0 Å². The van der Waals surface area contributed by atoms with E-state index in [1.54, 1.807) is 12.3 Å². The smallest absolute Gasteiger partial charge is 0.276 e. The summed E-state index contributed by atoms with van der Waals surface area (Å²) in [4.78, 5) is 21.5. The minimum atomic E-state index is -0.0689. The predicted molar refractivity (Wildman–Crippen MR) is 89.7 cm³/mol. The SMILES string of the molecule is CCN1CCN(C(=O)c2cc(C(C)C)on2)C[C@H]1c1nccn1C. The zero-order valence-electron chi connectivity index (χ0n) is 14.8. The van der Waals surface area contributed by atoms with Crippen molar-refractivity contribution in [3.8, 4) is 0 Å². The van der Waals surface area contributed by atoms with Gasteiger partial charge in [-0.25, -0.2) is 4.98 Å². The van der Waals surface area contributed by atoms with E-state index in [4.69, 9.17) is 4.52 Å². The summed E-state index contributed by atoms with van der Waals surface area (Å²) in [6, 6.07) is 1.86. The van der Waals surface area contributed by atoms with Gasteiger partial charge in [0, 0.05) is 51.1 Å². The number of rotatable bonds is 4. The third-order valence-corrected chi connectivity index (χ3v) is 4.66. The van der Waals surface area contributed by atoms with Crippen molar-refractivity contribution < 1.29 is 9.32 Å². The van der Waals surface area contributed by atoms with Crippen molar-refractivity contribution in [1.82, 2.24) is 24.5 Å². The molecule has 0 saturated carbocycles. The second-order valence-corrected chi connectivity index (χ2v) is 6.56. The average Bonchev–Trinajstić information content (AvgIpc) is 3.22. The fourth-order valence-corrected chi connectivity index (χ4v) is 3.15. The lowest BCUT2D eigenvalue weighted by Gasteiger charge is -2.40. The van der Waals surface area contributed by atoms with E-state index in [-0.39, 0.29) is 17.9 Å². The lowest BCUT2D eigenvalue weighted by Crippen LogP contribution is -2.51. The van der Waals surface area contributed by atoms with Crippen molar-refractivity contribution in [2.24, 2.45) is 7.05 Å². The molecule has 7 heteroatoms. The third kappa shape index (κ3) is 3.08. The van der Waals surface area contributed by atoms with Crippen LogP contribution in [0.3, 0.4) is 0 Å². The lowest BCUT2D eigenvalue weighted by molar-refractivity contribution is 0.0464. The molecule has 3 heterocycles. The summed E-state index contributed by atoms with van der Waals surface area (Å²) in [5.74, 6) is 1.88. The normalized spacial score (nSPS) is 19.2. The van der Waals surface area contributed by atoms with Crippen molar-refractivity contribution >= 4 is 5.91 Å². The van der Waals surface area contributed by atoms with E-state index in [1.165, 1.54) is 0 Å². The molecule has 2 aromatic rings. The van der Waals surface area contributed by atoms with Gasteiger partial charge >= 0.3 is 0 Å². The number of carbonyl (C=O) groups excluding carboxylic acids is 1. The van der Waals surface area contributed by atoms with E-state index in [9.17, 15) is 4.79 Å². The fourth-order valence-electron chi connectivity index (χ4n) is 3.15. The summed E-state index contributed by atoms with van der Waals surface area (Å²) in [6.45, 7) is 9.24. The highest BCUT2D eigenvalue weighted by Gasteiger charge is 2.33. The first-order valence-electron chi connectivity index (χ1n) is 8.48. The lowest BCUT2D eigenvalue weighted by atomic mass is 10.1. The Morgan fingerprint density at radius 1 is 1.42 bits per heavy atom. The largest absolute Gasteiger partial charge is 0.360 e. The molecule has 1 aliphatic heterocycles. The Kier molecular flexibility index (Phi) is 4.71. The summed E-state index contributed by atoms with van der Waals surface area (Å²) in [7, 11) is 1.99. The first-order chi connectivity index (χ1) is 11.5. The van der Waals surface area contributed by atoms with Gasteiger partial charge in [0.05, 0.1) is 6.04 Å².